The zero-order valence-corrected chi connectivity index (χ0v) is 10.00. The van der Waals surface area contributed by atoms with Crippen molar-refractivity contribution in [3.05, 3.63) is 35.9 Å². The second kappa shape index (κ2) is 4.38. The van der Waals surface area contributed by atoms with E-state index in [-0.39, 0.29) is 0 Å². The smallest absolute Gasteiger partial charge is 0.00750 e. The van der Waals surface area contributed by atoms with E-state index in [1.165, 1.54) is 32.1 Å². The molecule has 2 rings (SSSR count). The first kappa shape index (κ1) is 10.7. The van der Waals surface area contributed by atoms with Crippen molar-refractivity contribution in [1.29, 1.82) is 0 Å². The van der Waals surface area contributed by atoms with Crippen molar-refractivity contribution in [1.82, 2.24) is 0 Å². The normalized spacial score (nSPS) is 31.5. The van der Waals surface area contributed by atoms with Gasteiger partial charge in [0.1, 0.15) is 0 Å². The van der Waals surface area contributed by atoms with Crippen molar-refractivity contribution in [3.63, 3.8) is 0 Å². The van der Waals surface area contributed by atoms with Crippen molar-refractivity contribution < 1.29 is 0 Å². The molecule has 0 heterocycles. The molecule has 0 amide bonds. The lowest BCUT2D eigenvalue weighted by atomic mass is 9.67. The van der Waals surface area contributed by atoms with E-state index in [4.69, 9.17) is 0 Å². The highest BCUT2D eigenvalue weighted by Gasteiger charge is 2.31. The third-order valence-electron chi connectivity index (χ3n) is 4.26. The maximum Gasteiger partial charge on any atom is -0.00750 e. The Labute approximate surface area is 93.7 Å². The Bertz CT molecular complexity index is 291. The van der Waals surface area contributed by atoms with E-state index in [1.54, 1.807) is 5.56 Å². The Morgan fingerprint density at radius 1 is 1.13 bits per heavy atom. The predicted octanol–water partition coefficient (Wildman–Crippen LogP) is 4.54. The van der Waals surface area contributed by atoms with Crippen LogP contribution in [0.5, 0.6) is 0 Å². The van der Waals surface area contributed by atoms with Gasteiger partial charge in [0.05, 0.1) is 0 Å². The quantitative estimate of drug-likeness (QED) is 0.660. The molecule has 1 aliphatic carbocycles. The maximum absolute atomic E-state index is 2.44. The van der Waals surface area contributed by atoms with Crippen LogP contribution in [-0.4, -0.2) is 0 Å². The van der Waals surface area contributed by atoms with Crippen LogP contribution in [0, 0.1) is 5.92 Å². The van der Waals surface area contributed by atoms with E-state index in [1.807, 2.05) is 0 Å². The van der Waals surface area contributed by atoms with Crippen LogP contribution in [0.4, 0.5) is 0 Å². The lowest BCUT2D eigenvalue weighted by Gasteiger charge is -2.37. The highest BCUT2D eigenvalue weighted by molar-refractivity contribution is 5.24. The van der Waals surface area contributed by atoms with Gasteiger partial charge in [0.15, 0.2) is 0 Å². The molecule has 0 N–H and O–H groups in total. The number of rotatable bonds is 2. The van der Waals surface area contributed by atoms with Crippen LogP contribution in [0.15, 0.2) is 30.3 Å². The lowest BCUT2D eigenvalue weighted by molar-refractivity contribution is 0.243. The van der Waals surface area contributed by atoms with Gasteiger partial charge in [0.2, 0.25) is 0 Å². The van der Waals surface area contributed by atoms with E-state index in [9.17, 15) is 0 Å². The summed E-state index contributed by atoms with van der Waals surface area (Å²) in [5, 5.41) is 0. The largest absolute Gasteiger partial charge is 0.0651 e. The number of benzene rings is 1. The summed E-state index contributed by atoms with van der Waals surface area (Å²) in [6.07, 6.45) is 6.94. The molecule has 0 bridgehead atoms. The van der Waals surface area contributed by atoms with Gasteiger partial charge < -0.3 is 0 Å². The highest BCUT2D eigenvalue weighted by atomic mass is 14.4. The summed E-state index contributed by atoms with van der Waals surface area (Å²) >= 11 is 0. The molecule has 0 saturated heterocycles. The van der Waals surface area contributed by atoms with Crippen LogP contribution < -0.4 is 0 Å². The minimum atomic E-state index is 0.451. The Morgan fingerprint density at radius 3 is 2.27 bits per heavy atom. The zero-order chi connectivity index (χ0) is 10.7. The minimum Gasteiger partial charge on any atom is -0.0651 e. The molecule has 0 radical (unpaired) electrons. The molecule has 82 valence electrons. The summed E-state index contributed by atoms with van der Waals surface area (Å²) in [5.74, 6) is 0.988. The van der Waals surface area contributed by atoms with E-state index < -0.39 is 0 Å². The van der Waals surface area contributed by atoms with Gasteiger partial charge in [-0.25, -0.2) is 0 Å². The molecule has 0 nitrogen and oxygen atoms in total. The molecule has 1 aromatic rings. The lowest BCUT2D eigenvalue weighted by Crippen LogP contribution is -2.28. The molecule has 1 aromatic carbocycles. The van der Waals surface area contributed by atoms with Crippen molar-refractivity contribution in [2.45, 2.75) is 51.4 Å². The Morgan fingerprint density at radius 2 is 1.73 bits per heavy atom. The average molecular weight is 202 g/mol. The van der Waals surface area contributed by atoms with Gasteiger partial charge in [0.25, 0.3) is 0 Å². The molecule has 1 aliphatic rings. The molecular formula is C15H22. The summed E-state index contributed by atoms with van der Waals surface area (Å²) in [6.45, 7) is 4.77. The average Bonchev–Trinajstić information content (AvgIpc) is 2.31. The number of hydrogen-bond donors (Lipinski definition) is 0. The topological polar surface area (TPSA) is 0 Å². The third-order valence-corrected chi connectivity index (χ3v) is 4.26. The minimum absolute atomic E-state index is 0.451. The van der Waals surface area contributed by atoms with Crippen LogP contribution in [0.1, 0.15) is 51.5 Å². The van der Waals surface area contributed by atoms with E-state index in [0.717, 1.165) is 5.92 Å². The molecule has 0 atom stereocenters. The monoisotopic (exact) mass is 202 g/mol. The molecule has 1 saturated carbocycles. The van der Waals surface area contributed by atoms with Crippen molar-refractivity contribution in [2.24, 2.45) is 5.92 Å². The maximum atomic E-state index is 2.44. The Hall–Kier alpha value is -0.780. The first-order valence-electron chi connectivity index (χ1n) is 6.30. The Kier molecular flexibility index (Phi) is 3.14. The van der Waals surface area contributed by atoms with Gasteiger partial charge in [-0.3, -0.25) is 0 Å². The van der Waals surface area contributed by atoms with Gasteiger partial charge in [0, 0.05) is 0 Å². The first-order valence-corrected chi connectivity index (χ1v) is 6.30. The molecule has 0 unspecified atom stereocenters. The fraction of sp³-hybridized carbons (Fsp3) is 0.600. The molecular weight excluding hydrogens is 180 g/mol. The van der Waals surface area contributed by atoms with Gasteiger partial charge in [-0.2, -0.15) is 0 Å². The summed E-state index contributed by atoms with van der Waals surface area (Å²) in [7, 11) is 0. The molecule has 1 fully saturated rings. The summed E-state index contributed by atoms with van der Waals surface area (Å²) < 4.78 is 0. The fourth-order valence-corrected chi connectivity index (χ4v) is 2.85. The third kappa shape index (κ3) is 2.25. The van der Waals surface area contributed by atoms with Gasteiger partial charge in [-0.05, 0) is 42.6 Å². The van der Waals surface area contributed by atoms with E-state index >= 15 is 0 Å². The zero-order valence-electron chi connectivity index (χ0n) is 10.00. The standard InChI is InChI=1S/C15H22/c1-3-13-9-11-15(2,12-10-13)14-7-5-4-6-8-14/h4-8,13H,3,9-12H2,1-2H3. The predicted molar refractivity (Wildman–Crippen MR) is 66.0 cm³/mol. The van der Waals surface area contributed by atoms with Crippen LogP contribution in [-0.2, 0) is 5.41 Å². The highest BCUT2D eigenvalue weighted by Crippen LogP contribution is 2.41. The molecule has 0 spiro atoms. The Balaban J connectivity index is 2.10. The SMILES string of the molecule is CCC1CCC(C)(c2ccccc2)CC1. The van der Waals surface area contributed by atoms with Gasteiger partial charge in [-0.1, -0.05) is 50.6 Å². The van der Waals surface area contributed by atoms with E-state index in [0.29, 0.717) is 5.41 Å². The summed E-state index contributed by atoms with van der Waals surface area (Å²) in [4.78, 5) is 0. The number of hydrogen-bond acceptors (Lipinski definition) is 0. The van der Waals surface area contributed by atoms with Crippen molar-refractivity contribution >= 4 is 0 Å². The summed E-state index contributed by atoms with van der Waals surface area (Å²) in [6, 6.07) is 11.1. The molecule has 0 aromatic heterocycles. The van der Waals surface area contributed by atoms with Crippen molar-refractivity contribution in [3.8, 4) is 0 Å². The summed E-state index contributed by atoms with van der Waals surface area (Å²) in [5.41, 5.74) is 1.99. The fourth-order valence-electron chi connectivity index (χ4n) is 2.85. The molecule has 0 aliphatic heterocycles. The van der Waals surface area contributed by atoms with Crippen LogP contribution >= 0.6 is 0 Å². The second-order valence-electron chi connectivity index (χ2n) is 5.28. The van der Waals surface area contributed by atoms with Gasteiger partial charge >= 0.3 is 0 Å². The van der Waals surface area contributed by atoms with Crippen molar-refractivity contribution in [2.75, 3.05) is 0 Å². The van der Waals surface area contributed by atoms with Crippen LogP contribution in [0.2, 0.25) is 0 Å². The molecule has 0 heteroatoms. The second-order valence-corrected chi connectivity index (χ2v) is 5.28. The van der Waals surface area contributed by atoms with Gasteiger partial charge in [-0.15, -0.1) is 0 Å². The van der Waals surface area contributed by atoms with E-state index in [2.05, 4.69) is 44.2 Å². The first-order chi connectivity index (χ1) is 7.24. The van der Waals surface area contributed by atoms with Crippen LogP contribution in [0.3, 0.4) is 0 Å². The molecule has 15 heavy (non-hydrogen) atoms. The van der Waals surface area contributed by atoms with Crippen LogP contribution in [0.25, 0.3) is 0 Å².